The maximum atomic E-state index is 4.75. The Balaban J connectivity index is 1.86. The van der Waals surface area contributed by atoms with E-state index in [1.54, 1.807) is 0 Å². The van der Waals surface area contributed by atoms with Crippen molar-refractivity contribution in [2.24, 2.45) is 0 Å². The largest absolute Gasteiger partial charge is 0.343 e. The molecular weight excluding hydrogens is 216 g/mol. The minimum absolute atomic E-state index is 0.244. The van der Waals surface area contributed by atoms with Crippen LogP contribution in [0, 0.1) is 0 Å². The van der Waals surface area contributed by atoms with Gasteiger partial charge in [-0.05, 0) is 32.9 Å². The summed E-state index contributed by atoms with van der Waals surface area (Å²) in [5.41, 5.74) is 0.244. The van der Waals surface area contributed by atoms with Gasteiger partial charge in [-0.25, -0.2) is 0 Å². The first-order valence-electron chi connectivity index (χ1n) is 6.44. The summed E-state index contributed by atoms with van der Waals surface area (Å²) in [5, 5.41) is 7.49. The molecule has 2 heterocycles. The van der Waals surface area contributed by atoms with Crippen LogP contribution < -0.4 is 5.32 Å². The van der Waals surface area contributed by atoms with Crippen molar-refractivity contribution in [3.63, 3.8) is 0 Å². The molecule has 1 fully saturated rings. The Morgan fingerprint density at radius 3 is 3.18 bits per heavy atom. The third-order valence-corrected chi connectivity index (χ3v) is 3.61. The van der Waals surface area contributed by atoms with E-state index in [0.717, 1.165) is 44.8 Å². The van der Waals surface area contributed by atoms with Crippen LogP contribution in [-0.2, 0) is 6.42 Å². The summed E-state index contributed by atoms with van der Waals surface area (Å²) < 4.78 is 4.75. The van der Waals surface area contributed by atoms with Gasteiger partial charge in [0.1, 0.15) is 0 Å². The molecule has 2 rings (SSSR count). The van der Waals surface area contributed by atoms with E-state index in [1.165, 1.54) is 12.8 Å². The topological polar surface area (TPSA) is 54.2 Å². The Hall–Kier alpha value is -0.940. The summed E-state index contributed by atoms with van der Waals surface area (Å²) in [6.07, 6.45) is 4.64. The molecule has 0 aromatic carbocycles. The molecule has 1 N–H and O–H groups in total. The molecule has 0 radical (unpaired) electrons. The van der Waals surface area contributed by atoms with Gasteiger partial charge in [-0.15, -0.1) is 0 Å². The van der Waals surface area contributed by atoms with Crippen LogP contribution in [0.1, 0.15) is 32.5 Å². The number of hydrogen-bond acceptors (Lipinski definition) is 5. The molecule has 1 aliphatic rings. The van der Waals surface area contributed by atoms with Crippen molar-refractivity contribution in [2.45, 2.75) is 38.6 Å². The molecule has 5 heteroatoms. The zero-order valence-electron chi connectivity index (χ0n) is 10.8. The van der Waals surface area contributed by atoms with Gasteiger partial charge in [-0.1, -0.05) is 12.1 Å². The third kappa shape index (κ3) is 3.51. The Labute approximate surface area is 103 Å². The molecule has 1 aliphatic heterocycles. The highest BCUT2D eigenvalue weighted by Crippen LogP contribution is 2.15. The van der Waals surface area contributed by atoms with Crippen LogP contribution in [0.2, 0.25) is 0 Å². The maximum absolute atomic E-state index is 4.75. The van der Waals surface area contributed by atoms with E-state index in [2.05, 4.69) is 34.2 Å². The lowest BCUT2D eigenvalue weighted by atomic mass is 9.98. The van der Waals surface area contributed by atoms with Gasteiger partial charge in [0.25, 0.3) is 0 Å². The molecular formula is C12H22N4O. The quantitative estimate of drug-likeness (QED) is 0.850. The van der Waals surface area contributed by atoms with E-state index in [9.17, 15) is 0 Å². The van der Waals surface area contributed by atoms with E-state index in [-0.39, 0.29) is 5.54 Å². The average molecular weight is 238 g/mol. The second-order valence-electron chi connectivity index (χ2n) is 5.07. The second kappa shape index (κ2) is 5.60. The van der Waals surface area contributed by atoms with E-state index >= 15 is 0 Å². The third-order valence-electron chi connectivity index (χ3n) is 3.61. The highest BCUT2D eigenvalue weighted by molar-refractivity contribution is 4.89. The fourth-order valence-electron chi connectivity index (χ4n) is 2.31. The summed E-state index contributed by atoms with van der Waals surface area (Å²) in [5.74, 6) is 0.806. The number of aromatic nitrogens is 2. The zero-order chi connectivity index (χ0) is 12.1. The molecule has 0 aliphatic carbocycles. The summed E-state index contributed by atoms with van der Waals surface area (Å²) in [7, 11) is 0. The molecule has 1 aromatic rings. The lowest BCUT2D eigenvalue weighted by Gasteiger charge is -2.32. The normalized spacial score (nSPS) is 26.9. The van der Waals surface area contributed by atoms with Gasteiger partial charge in [0.05, 0.1) is 0 Å². The molecule has 0 saturated carbocycles. The predicted molar refractivity (Wildman–Crippen MR) is 65.8 cm³/mol. The first-order valence-corrected chi connectivity index (χ1v) is 6.44. The Morgan fingerprint density at radius 1 is 1.59 bits per heavy atom. The van der Waals surface area contributed by atoms with Crippen LogP contribution in [0.4, 0.5) is 0 Å². The minimum Gasteiger partial charge on any atom is -0.343 e. The smallest absolute Gasteiger partial charge is 0.213 e. The van der Waals surface area contributed by atoms with Crippen molar-refractivity contribution in [3.05, 3.63) is 12.2 Å². The lowest BCUT2D eigenvalue weighted by molar-refractivity contribution is 0.215. The molecule has 0 bridgehead atoms. The Kier molecular flexibility index (Phi) is 4.12. The van der Waals surface area contributed by atoms with Gasteiger partial charge in [0.15, 0.2) is 5.82 Å². The van der Waals surface area contributed by atoms with Crippen LogP contribution in [0.25, 0.3) is 0 Å². The van der Waals surface area contributed by atoms with Crippen molar-refractivity contribution >= 4 is 0 Å². The summed E-state index contributed by atoms with van der Waals surface area (Å²) in [6, 6.07) is 0. The minimum atomic E-state index is 0.244. The monoisotopic (exact) mass is 238 g/mol. The van der Waals surface area contributed by atoms with Crippen molar-refractivity contribution < 1.29 is 4.52 Å². The standard InChI is InChI=1S/C12H22N4O/c1-3-12(2)9-16(7-4-6-14-12)8-5-11-13-10-17-15-11/h10,14H,3-9H2,1-2H3. The van der Waals surface area contributed by atoms with Crippen molar-refractivity contribution in [2.75, 3.05) is 26.2 Å². The van der Waals surface area contributed by atoms with Crippen molar-refractivity contribution in [1.82, 2.24) is 20.4 Å². The highest BCUT2D eigenvalue weighted by atomic mass is 16.5. The molecule has 1 unspecified atom stereocenters. The van der Waals surface area contributed by atoms with Crippen LogP contribution in [-0.4, -0.2) is 46.8 Å². The van der Waals surface area contributed by atoms with Crippen molar-refractivity contribution in [1.29, 1.82) is 0 Å². The zero-order valence-corrected chi connectivity index (χ0v) is 10.8. The molecule has 1 saturated heterocycles. The van der Waals surface area contributed by atoms with Gasteiger partial charge in [-0.3, -0.25) is 0 Å². The van der Waals surface area contributed by atoms with Crippen LogP contribution in [0.3, 0.4) is 0 Å². The van der Waals surface area contributed by atoms with E-state index in [0.29, 0.717) is 0 Å². The average Bonchev–Trinajstić information content (AvgIpc) is 2.77. The van der Waals surface area contributed by atoms with Gasteiger partial charge in [0, 0.05) is 25.0 Å². The molecule has 5 nitrogen and oxygen atoms in total. The number of nitrogens with zero attached hydrogens (tertiary/aromatic N) is 3. The molecule has 96 valence electrons. The SMILES string of the molecule is CCC1(C)CN(CCc2ncon2)CCCN1. The summed E-state index contributed by atoms with van der Waals surface area (Å²) in [6.45, 7) is 8.93. The molecule has 1 aromatic heterocycles. The van der Waals surface area contributed by atoms with E-state index < -0.39 is 0 Å². The van der Waals surface area contributed by atoms with Crippen LogP contribution >= 0.6 is 0 Å². The number of rotatable bonds is 4. The van der Waals surface area contributed by atoms with Crippen LogP contribution in [0.15, 0.2) is 10.9 Å². The predicted octanol–water partition coefficient (Wildman–Crippen LogP) is 1.08. The molecule has 0 amide bonds. The van der Waals surface area contributed by atoms with Gasteiger partial charge >= 0.3 is 0 Å². The number of hydrogen-bond donors (Lipinski definition) is 1. The first kappa shape index (κ1) is 12.5. The maximum Gasteiger partial charge on any atom is 0.213 e. The Bertz CT molecular complexity index is 327. The molecule has 0 spiro atoms. The van der Waals surface area contributed by atoms with Gasteiger partial charge in [0.2, 0.25) is 6.39 Å². The van der Waals surface area contributed by atoms with Crippen molar-refractivity contribution in [3.8, 4) is 0 Å². The Morgan fingerprint density at radius 2 is 2.47 bits per heavy atom. The molecule has 1 atom stereocenters. The molecule has 17 heavy (non-hydrogen) atoms. The second-order valence-corrected chi connectivity index (χ2v) is 5.07. The fraction of sp³-hybridized carbons (Fsp3) is 0.833. The number of nitrogens with one attached hydrogen (secondary N) is 1. The van der Waals surface area contributed by atoms with Gasteiger partial charge < -0.3 is 14.7 Å². The first-order chi connectivity index (χ1) is 8.22. The lowest BCUT2D eigenvalue weighted by Crippen LogP contribution is -2.48. The summed E-state index contributed by atoms with van der Waals surface area (Å²) >= 11 is 0. The van der Waals surface area contributed by atoms with Crippen LogP contribution in [0.5, 0.6) is 0 Å². The fourth-order valence-corrected chi connectivity index (χ4v) is 2.31. The highest BCUT2D eigenvalue weighted by Gasteiger charge is 2.26. The summed E-state index contributed by atoms with van der Waals surface area (Å²) in [4.78, 5) is 6.56. The van der Waals surface area contributed by atoms with E-state index in [1.807, 2.05) is 0 Å². The van der Waals surface area contributed by atoms with Gasteiger partial charge in [-0.2, -0.15) is 4.98 Å². The van der Waals surface area contributed by atoms with E-state index in [4.69, 9.17) is 4.52 Å².